The smallest absolute Gasteiger partial charge is 0.350 e. The fraction of sp³-hybridized carbons (Fsp3) is 0.409. The van der Waals surface area contributed by atoms with Gasteiger partial charge in [-0.05, 0) is 48.7 Å². The van der Waals surface area contributed by atoms with Crippen molar-refractivity contribution >= 4 is 17.6 Å². The Morgan fingerprint density at radius 3 is 2.79 bits per heavy atom. The molecule has 6 nitrogen and oxygen atoms in total. The van der Waals surface area contributed by atoms with Gasteiger partial charge in [0.25, 0.3) is 0 Å². The van der Waals surface area contributed by atoms with E-state index < -0.39 is 18.2 Å². The van der Waals surface area contributed by atoms with E-state index in [1.807, 2.05) is 24.3 Å². The van der Waals surface area contributed by atoms with E-state index in [0.717, 1.165) is 17.5 Å². The number of aliphatic hydroxyl groups excluding tert-OH is 1. The highest BCUT2D eigenvalue weighted by Gasteiger charge is 2.29. The van der Waals surface area contributed by atoms with Crippen molar-refractivity contribution in [2.75, 3.05) is 19.8 Å². The standard InChI is InChI=1S/C22H26ClNO5/c1-3-17(24-12-18(25)15-6-5-7-16(23)10-15)14-8-9-19-20(11-14)28-13-21(29-19)22(26)27-4-2/h5-11,17-18,21,24-25H,3-4,12-13H2,1-2H3. The molecule has 3 atom stereocenters. The van der Waals surface area contributed by atoms with Crippen molar-refractivity contribution in [3.8, 4) is 11.5 Å². The van der Waals surface area contributed by atoms with Gasteiger partial charge in [-0.2, -0.15) is 0 Å². The van der Waals surface area contributed by atoms with Crippen molar-refractivity contribution < 1.29 is 24.1 Å². The van der Waals surface area contributed by atoms with Gasteiger partial charge in [0.1, 0.15) is 6.61 Å². The zero-order valence-corrected chi connectivity index (χ0v) is 17.3. The van der Waals surface area contributed by atoms with E-state index in [1.165, 1.54) is 0 Å². The Bertz CT molecular complexity index is 844. The fourth-order valence-electron chi connectivity index (χ4n) is 3.24. The van der Waals surface area contributed by atoms with E-state index in [9.17, 15) is 9.90 Å². The second-order valence-corrected chi connectivity index (χ2v) is 7.25. The first-order valence-corrected chi connectivity index (χ1v) is 10.2. The highest BCUT2D eigenvalue weighted by molar-refractivity contribution is 6.30. The number of nitrogens with one attached hydrogen (secondary N) is 1. The second kappa shape index (κ2) is 9.96. The minimum atomic E-state index is -0.749. The molecule has 156 valence electrons. The first-order chi connectivity index (χ1) is 14.0. The predicted molar refractivity (Wildman–Crippen MR) is 110 cm³/mol. The molecule has 0 amide bonds. The van der Waals surface area contributed by atoms with Crippen LogP contribution in [0.3, 0.4) is 0 Å². The molecule has 2 aromatic carbocycles. The largest absolute Gasteiger partial charge is 0.485 e. The summed E-state index contributed by atoms with van der Waals surface area (Å²) in [6, 6.07) is 12.9. The molecule has 3 unspecified atom stereocenters. The lowest BCUT2D eigenvalue weighted by Crippen LogP contribution is -2.38. The maximum Gasteiger partial charge on any atom is 0.350 e. The number of benzene rings is 2. The van der Waals surface area contributed by atoms with Crippen LogP contribution in [-0.4, -0.2) is 36.9 Å². The van der Waals surface area contributed by atoms with Crippen molar-refractivity contribution in [1.29, 1.82) is 0 Å². The van der Waals surface area contributed by atoms with Crippen LogP contribution in [0.1, 0.15) is 43.5 Å². The van der Waals surface area contributed by atoms with Gasteiger partial charge in [0, 0.05) is 17.6 Å². The maximum absolute atomic E-state index is 11.8. The first-order valence-electron chi connectivity index (χ1n) is 9.78. The molecule has 7 heteroatoms. The molecule has 0 saturated carbocycles. The van der Waals surface area contributed by atoms with Crippen LogP contribution in [0.25, 0.3) is 0 Å². The van der Waals surface area contributed by atoms with Gasteiger partial charge in [-0.1, -0.05) is 36.7 Å². The number of carbonyl (C=O) groups is 1. The Labute approximate surface area is 175 Å². The van der Waals surface area contributed by atoms with E-state index in [4.69, 9.17) is 25.8 Å². The van der Waals surface area contributed by atoms with E-state index in [-0.39, 0.29) is 12.6 Å². The third-order valence-electron chi connectivity index (χ3n) is 4.78. The molecule has 2 N–H and O–H groups in total. The van der Waals surface area contributed by atoms with E-state index in [1.54, 1.807) is 25.1 Å². The summed E-state index contributed by atoms with van der Waals surface area (Å²) in [7, 11) is 0. The molecule has 0 aromatic heterocycles. The van der Waals surface area contributed by atoms with E-state index in [0.29, 0.717) is 29.7 Å². The number of aliphatic hydroxyl groups is 1. The molecule has 0 spiro atoms. The number of hydrogen-bond donors (Lipinski definition) is 2. The molecular weight excluding hydrogens is 394 g/mol. The van der Waals surface area contributed by atoms with Crippen molar-refractivity contribution in [2.45, 2.75) is 38.5 Å². The summed E-state index contributed by atoms with van der Waals surface area (Å²) in [5.41, 5.74) is 1.79. The van der Waals surface area contributed by atoms with Gasteiger partial charge in [0.2, 0.25) is 6.10 Å². The van der Waals surface area contributed by atoms with Crippen LogP contribution >= 0.6 is 11.6 Å². The molecule has 29 heavy (non-hydrogen) atoms. The van der Waals surface area contributed by atoms with Crippen molar-refractivity contribution in [3.63, 3.8) is 0 Å². The highest BCUT2D eigenvalue weighted by Crippen LogP contribution is 2.35. The summed E-state index contributed by atoms with van der Waals surface area (Å²) in [5.74, 6) is 0.691. The molecule has 0 bridgehead atoms. The van der Waals surface area contributed by atoms with Gasteiger partial charge in [0.15, 0.2) is 11.5 Å². The third-order valence-corrected chi connectivity index (χ3v) is 5.01. The third kappa shape index (κ3) is 5.41. The van der Waals surface area contributed by atoms with Gasteiger partial charge in [-0.3, -0.25) is 0 Å². The number of fused-ring (bicyclic) bond motifs is 1. The summed E-state index contributed by atoms with van der Waals surface area (Å²) in [4.78, 5) is 11.8. The molecular formula is C22H26ClNO5. The maximum atomic E-state index is 11.8. The minimum absolute atomic E-state index is 0.0283. The molecule has 0 aliphatic carbocycles. The fourth-order valence-corrected chi connectivity index (χ4v) is 3.44. The van der Waals surface area contributed by atoms with Crippen molar-refractivity contribution in [1.82, 2.24) is 5.32 Å². The molecule has 1 aliphatic heterocycles. The quantitative estimate of drug-likeness (QED) is 0.633. The van der Waals surface area contributed by atoms with Crippen LogP contribution in [0.15, 0.2) is 42.5 Å². The lowest BCUT2D eigenvalue weighted by atomic mass is 10.0. The van der Waals surface area contributed by atoms with Gasteiger partial charge < -0.3 is 24.6 Å². The van der Waals surface area contributed by atoms with Gasteiger partial charge in [0.05, 0.1) is 12.7 Å². The molecule has 1 heterocycles. The SMILES string of the molecule is CCOC(=O)C1COc2cc(C(CC)NCC(O)c3cccc(Cl)c3)ccc2O1. The van der Waals surface area contributed by atoms with Gasteiger partial charge in [-0.15, -0.1) is 0 Å². The Morgan fingerprint density at radius 2 is 2.07 bits per heavy atom. The zero-order valence-electron chi connectivity index (χ0n) is 16.6. The normalized spacial score (nSPS) is 17.4. The Morgan fingerprint density at radius 1 is 1.24 bits per heavy atom. The summed E-state index contributed by atoms with van der Waals surface area (Å²) < 4.78 is 16.4. The summed E-state index contributed by atoms with van der Waals surface area (Å²) in [5, 5.41) is 14.4. The molecule has 3 rings (SSSR count). The van der Waals surface area contributed by atoms with Gasteiger partial charge in [-0.25, -0.2) is 4.79 Å². The first kappa shape index (κ1) is 21.4. The van der Waals surface area contributed by atoms with E-state index in [2.05, 4.69) is 12.2 Å². The lowest BCUT2D eigenvalue weighted by molar-refractivity contribution is -0.153. The molecule has 2 aromatic rings. The monoisotopic (exact) mass is 419 g/mol. The zero-order chi connectivity index (χ0) is 20.8. The summed E-state index contributed by atoms with van der Waals surface area (Å²) in [6.07, 6.45) is -0.584. The Kier molecular flexibility index (Phi) is 7.36. The molecule has 0 saturated heterocycles. The van der Waals surface area contributed by atoms with Crippen LogP contribution < -0.4 is 14.8 Å². The highest BCUT2D eigenvalue weighted by atomic mass is 35.5. The molecule has 1 aliphatic rings. The Balaban J connectivity index is 1.64. The number of esters is 1. The number of carbonyl (C=O) groups excluding carboxylic acids is 1. The molecule has 0 radical (unpaired) electrons. The number of rotatable bonds is 8. The average Bonchev–Trinajstić information content (AvgIpc) is 2.73. The number of halogens is 1. The van der Waals surface area contributed by atoms with Crippen LogP contribution in [0.2, 0.25) is 5.02 Å². The predicted octanol–water partition coefficient (Wildman–Crippen LogP) is 3.82. The summed E-state index contributed by atoms with van der Waals surface area (Å²) in [6.45, 7) is 4.63. The van der Waals surface area contributed by atoms with Crippen LogP contribution in [-0.2, 0) is 9.53 Å². The van der Waals surface area contributed by atoms with E-state index >= 15 is 0 Å². The topological polar surface area (TPSA) is 77.0 Å². The lowest BCUT2D eigenvalue weighted by Gasteiger charge is -2.27. The van der Waals surface area contributed by atoms with Crippen molar-refractivity contribution in [3.05, 3.63) is 58.6 Å². The second-order valence-electron chi connectivity index (χ2n) is 6.82. The van der Waals surface area contributed by atoms with Crippen LogP contribution in [0, 0.1) is 0 Å². The van der Waals surface area contributed by atoms with Crippen LogP contribution in [0.5, 0.6) is 11.5 Å². The summed E-state index contributed by atoms with van der Waals surface area (Å²) >= 11 is 6.00. The number of hydrogen-bond acceptors (Lipinski definition) is 6. The average molecular weight is 420 g/mol. The number of ether oxygens (including phenoxy) is 3. The van der Waals surface area contributed by atoms with Crippen LogP contribution in [0.4, 0.5) is 0 Å². The van der Waals surface area contributed by atoms with Gasteiger partial charge >= 0.3 is 5.97 Å². The molecule has 0 fully saturated rings. The van der Waals surface area contributed by atoms with Crippen molar-refractivity contribution in [2.24, 2.45) is 0 Å². The Hall–Kier alpha value is -2.28. The minimum Gasteiger partial charge on any atom is -0.485 e.